The van der Waals surface area contributed by atoms with E-state index in [0.29, 0.717) is 39.8 Å². The second kappa shape index (κ2) is 10.3. The Labute approximate surface area is 190 Å². The molecule has 33 heavy (non-hydrogen) atoms. The Kier molecular flexibility index (Phi) is 7.44. The van der Waals surface area contributed by atoms with E-state index >= 15 is 0 Å². The van der Waals surface area contributed by atoms with Crippen LogP contribution in [-0.4, -0.2) is 42.2 Å². The van der Waals surface area contributed by atoms with E-state index < -0.39 is 46.7 Å². The minimum absolute atomic E-state index is 0.0496. The van der Waals surface area contributed by atoms with E-state index in [1.54, 1.807) is 24.3 Å². The van der Waals surface area contributed by atoms with Gasteiger partial charge in [0, 0.05) is 0 Å². The van der Waals surface area contributed by atoms with Gasteiger partial charge in [0.05, 0.1) is 17.7 Å². The van der Waals surface area contributed by atoms with Gasteiger partial charge in [0.15, 0.2) is 29.0 Å². The predicted molar refractivity (Wildman–Crippen MR) is 116 cm³/mol. The van der Waals surface area contributed by atoms with Gasteiger partial charge >= 0.3 is 0 Å². The molecule has 1 aliphatic heterocycles. The molecule has 2 aromatic carbocycles. The number of benzene rings is 2. The first kappa shape index (κ1) is 23.9. The number of imide groups is 1. The van der Waals surface area contributed by atoms with Gasteiger partial charge in [0.1, 0.15) is 13.2 Å². The van der Waals surface area contributed by atoms with Crippen molar-refractivity contribution in [3.63, 3.8) is 0 Å². The van der Waals surface area contributed by atoms with Gasteiger partial charge in [-0.3, -0.25) is 19.3 Å². The smallest absolute Gasteiger partial charge is 0.294 e. The van der Waals surface area contributed by atoms with Gasteiger partial charge in [-0.1, -0.05) is 18.7 Å². The summed E-state index contributed by atoms with van der Waals surface area (Å²) in [5.74, 6) is -5.60. The van der Waals surface area contributed by atoms with Crippen molar-refractivity contribution < 1.29 is 37.0 Å². The number of carbonyl (C=O) groups excluding carboxylic acids is 3. The molecule has 1 fully saturated rings. The summed E-state index contributed by atoms with van der Waals surface area (Å²) < 4.78 is 50.8. The minimum atomic E-state index is -1.75. The Morgan fingerprint density at radius 2 is 1.91 bits per heavy atom. The number of hydrogen-bond acceptors (Lipinski definition) is 6. The summed E-state index contributed by atoms with van der Waals surface area (Å²) in [7, 11) is 1.45. The lowest BCUT2D eigenvalue weighted by molar-refractivity contribution is -0.127. The van der Waals surface area contributed by atoms with Gasteiger partial charge in [0.25, 0.3) is 11.1 Å². The van der Waals surface area contributed by atoms with Crippen LogP contribution in [0.3, 0.4) is 0 Å². The molecule has 0 unspecified atom stereocenters. The Morgan fingerprint density at radius 3 is 2.61 bits per heavy atom. The SMILES string of the molecule is C=CCOc1ccc(/C=C2/SC(=O)N(CC(=O)Nc3ccc(F)c(F)c3F)C2=O)cc1OC. The molecule has 0 aliphatic carbocycles. The van der Waals surface area contributed by atoms with E-state index in [4.69, 9.17) is 9.47 Å². The van der Waals surface area contributed by atoms with Crippen molar-refractivity contribution in [1.29, 1.82) is 0 Å². The van der Waals surface area contributed by atoms with E-state index in [1.165, 1.54) is 13.2 Å². The Balaban J connectivity index is 1.73. The zero-order valence-electron chi connectivity index (χ0n) is 17.2. The molecular weight excluding hydrogens is 461 g/mol. The van der Waals surface area contributed by atoms with E-state index in [0.717, 1.165) is 6.07 Å². The molecule has 3 amide bonds. The predicted octanol–water partition coefficient (Wildman–Crippen LogP) is 4.35. The van der Waals surface area contributed by atoms with Gasteiger partial charge in [-0.2, -0.15) is 0 Å². The standard InChI is InChI=1S/C22H17F3N2O5S/c1-3-8-32-15-7-4-12(9-16(15)31-2)10-17-21(29)27(22(30)33-17)11-18(28)26-14-6-5-13(23)19(24)20(14)25/h3-7,9-10H,1,8,11H2,2H3,(H,26,28)/b17-10+. The number of amides is 3. The van der Waals surface area contributed by atoms with E-state index in [2.05, 4.69) is 6.58 Å². The highest BCUT2D eigenvalue weighted by Crippen LogP contribution is 2.34. The van der Waals surface area contributed by atoms with Crippen LogP contribution in [0.5, 0.6) is 11.5 Å². The van der Waals surface area contributed by atoms with Crippen molar-refractivity contribution in [3.8, 4) is 11.5 Å². The summed E-state index contributed by atoms with van der Waals surface area (Å²) in [6.45, 7) is 3.10. The quantitative estimate of drug-likeness (QED) is 0.345. The van der Waals surface area contributed by atoms with Gasteiger partial charge in [-0.05, 0) is 47.7 Å². The number of nitrogens with one attached hydrogen (secondary N) is 1. The van der Waals surface area contributed by atoms with Crippen LogP contribution in [0.15, 0.2) is 47.9 Å². The molecule has 0 bridgehead atoms. The maximum Gasteiger partial charge on any atom is 0.294 e. The fourth-order valence-electron chi connectivity index (χ4n) is 2.79. The second-order valence-electron chi connectivity index (χ2n) is 6.55. The summed E-state index contributed by atoms with van der Waals surface area (Å²) in [4.78, 5) is 37.7. The molecule has 1 saturated heterocycles. The highest BCUT2D eigenvalue weighted by atomic mass is 32.2. The van der Waals surface area contributed by atoms with Crippen molar-refractivity contribution >= 4 is 40.6 Å². The number of carbonyl (C=O) groups is 3. The zero-order valence-corrected chi connectivity index (χ0v) is 18.0. The van der Waals surface area contributed by atoms with Crippen LogP contribution in [0.4, 0.5) is 23.7 Å². The van der Waals surface area contributed by atoms with Crippen LogP contribution in [0.2, 0.25) is 0 Å². The Morgan fingerprint density at radius 1 is 1.15 bits per heavy atom. The van der Waals surface area contributed by atoms with E-state index in [9.17, 15) is 27.6 Å². The van der Waals surface area contributed by atoms with Crippen LogP contribution in [0.1, 0.15) is 5.56 Å². The van der Waals surface area contributed by atoms with Crippen LogP contribution < -0.4 is 14.8 Å². The average molecular weight is 478 g/mol. The number of halogens is 3. The summed E-state index contributed by atoms with van der Waals surface area (Å²) in [6, 6.07) is 6.34. The normalized spacial score (nSPS) is 14.5. The number of methoxy groups -OCH3 is 1. The second-order valence-corrected chi connectivity index (χ2v) is 7.54. The van der Waals surface area contributed by atoms with Crippen LogP contribution >= 0.6 is 11.8 Å². The first-order valence-electron chi connectivity index (χ1n) is 9.35. The zero-order chi connectivity index (χ0) is 24.1. The summed E-state index contributed by atoms with van der Waals surface area (Å²) in [5.41, 5.74) is -0.0797. The van der Waals surface area contributed by atoms with Gasteiger partial charge in [-0.25, -0.2) is 13.2 Å². The lowest BCUT2D eigenvalue weighted by Crippen LogP contribution is -2.36. The maximum atomic E-state index is 13.7. The number of rotatable bonds is 8. The van der Waals surface area contributed by atoms with Gasteiger partial charge < -0.3 is 14.8 Å². The maximum absolute atomic E-state index is 13.7. The molecule has 2 aromatic rings. The largest absolute Gasteiger partial charge is 0.493 e. The third-order valence-corrected chi connectivity index (χ3v) is 5.23. The third kappa shape index (κ3) is 5.37. The number of anilines is 1. The molecule has 0 aromatic heterocycles. The topological polar surface area (TPSA) is 84.9 Å². The lowest BCUT2D eigenvalue weighted by atomic mass is 10.2. The van der Waals surface area contributed by atoms with E-state index in [1.807, 2.05) is 5.32 Å². The Hall–Kier alpha value is -3.73. The molecule has 172 valence electrons. The first-order valence-corrected chi connectivity index (χ1v) is 10.2. The van der Waals surface area contributed by atoms with Crippen molar-refractivity contribution in [2.24, 2.45) is 0 Å². The van der Waals surface area contributed by atoms with Crippen LogP contribution in [-0.2, 0) is 9.59 Å². The molecule has 1 N–H and O–H groups in total. The molecule has 0 atom stereocenters. The molecule has 0 spiro atoms. The van der Waals surface area contributed by atoms with Gasteiger partial charge in [-0.15, -0.1) is 0 Å². The highest BCUT2D eigenvalue weighted by molar-refractivity contribution is 8.18. The first-order chi connectivity index (χ1) is 15.7. The van der Waals surface area contributed by atoms with Crippen LogP contribution in [0.25, 0.3) is 6.08 Å². The average Bonchev–Trinajstić information content (AvgIpc) is 3.05. The molecule has 0 saturated carbocycles. The summed E-state index contributed by atoms with van der Waals surface area (Å²) in [6.07, 6.45) is 3.01. The lowest BCUT2D eigenvalue weighted by Gasteiger charge is -2.13. The van der Waals surface area contributed by atoms with E-state index in [-0.39, 0.29) is 11.5 Å². The van der Waals surface area contributed by atoms with Crippen molar-refractivity contribution in [3.05, 3.63) is 70.9 Å². The molecule has 11 heteroatoms. The summed E-state index contributed by atoms with van der Waals surface area (Å²) >= 11 is 0.614. The number of thioether (sulfide) groups is 1. The molecule has 0 radical (unpaired) electrons. The Bertz CT molecular complexity index is 1170. The molecule has 1 heterocycles. The van der Waals surface area contributed by atoms with Crippen molar-refractivity contribution in [2.75, 3.05) is 25.6 Å². The molecular formula is C22H17F3N2O5S. The molecule has 3 rings (SSSR count). The van der Waals surface area contributed by atoms with Crippen molar-refractivity contribution in [1.82, 2.24) is 4.90 Å². The van der Waals surface area contributed by atoms with Gasteiger partial charge in [0.2, 0.25) is 5.91 Å². The minimum Gasteiger partial charge on any atom is -0.493 e. The van der Waals surface area contributed by atoms with Crippen LogP contribution in [0, 0.1) is 17.5 Å². The fourth-order valence-corrected chi connectivity index (χ4v) is 3.62. The third-order valence-electron chi connectivity index (χ3n) is 4.33. The number of ether oxygens (including phenoxy) is 2. The summed E-state index contributed by atoms with van der Waals surface area (Å²) in [5, 5.41) is 1.30. The van der Waals surface area contributed by atoms with Crippen molar-refractivity contribution in [2.45, 2.75) is 0 Å². The highest BCUT2D eigenvalue weighted by Gasteiger charge is 2.36. The molecule has 1 aliphatic rings. The molecule has 7 nitrogen and oxygen atoms in total. The fraction of sp³-hybridized carbons (Fsp3) is 0.136. The monoisotopic (exact) mass is 478 g/mol. The number of nitrogens with zero attached hydrogens (tertiary/aromatic N) is 1. The number of hydrogen-bond donors (Lipinski definition) is 1.